The maximum absolute atomic E-state index is 6.35. The van der Waals surface area contributed by atoms with Crippen molar-refractivity contribution in [3.63, 3.8) is 0 Å². The molecule has 0 heterocycles. The molecule has 0 aliphatic heterocycles. The molecule has 2 aromatic carbocycles. The second kappa shape index (κ2) is 6.06. The molecule has 0 aliphatic rings. The largest absolute Gasteiger partial charge is 0.324 e. The zero-order valence-corrected chi connectivity index (χ0v) is 13.9. The van der Waals surface area contributed by atoms with Crippen LogP contribution in [0, 0.1) is 24.3 Å². The summed E-state index contributed by atoms with van der Waals surface area (Å²) >= 11 is 2.32. The molecular formula is C17H20IN. The third-order valence-electron chi connectivity index (χ3n) is 3.56. The maximum atomic E-state index is 6.35. The molecule has 1 unspecified atom stereocenters. The maximum Gasteiger partial charge on any atom is 0.0335 e. The quantitative estimate of drug-likeness (QED) is 0.799. The van der Waals surface area contributed by atoms with Gasteiger partial charge in [0.1, 0.15) is 0 Å². The van der Waals surface area contributed by atoms with Gasteiger partial charge < -0.3 is 5.73 Å². The number of benzene rings is 2. The number of aryl methyl sites for hydroxylation is 3. The lowest BCUT2D eigenvalue weighted by Gasteiger charge is -2.17. The van der Waals surface area contributed by atoms with Crippen molar-refractivity contribution in [1.82, 2.24) is 0 Å². The van der Waals surface area contributed by atoms with E-state index >= 15 is 0 Å². The van der Waals surface area contributed by atoms with Crippen molar-refractivity contribution in [3.8, 4) is 0 Å². The molecule has 0 saturated heterocycles. The van der Waals surface area contributed by atoms with Crippen molar-refractivity contribution in [1.29, 1.82) is 0 Å². The summed E-state index contributed by atoms with van der Waals surface area (Å²) in [6.07, 6.45) is 0.901. The van der Waals surface area contributed by atoms with Crippen molar-refractivity contribution in [3.05, 3.63) is 67.8 Å². The predicted molar refractivity (Wildman–Crippen MR) is 90.4 cm³/mol. The summed E-state index contributed by atoms with van der Waals surface area (Å²) in [5, 5.41) is 0. The molecule has 2 N–H and O–H groups in total. The molecular weight excluding hydrogens is 345 g/mol. The van der Waals surface area contributed by atoms with E-state index in [1.807, 2.05) is 0 Å². The lowest BCUT2D eigenvalue weighted by Crippen LogP contribution is -2.15. The highest BCUT2D eigenvalue weighted by molar-refractivity contribution is 14.1. The van der Waals surface area contributed by atoms with Crippen LogP contribution in [0.4, 0.5) is 0 Å². The molecule has 0 amide bonds. The molecule has 2 aromatic rings. The number of rotatable bonds is 3. The fourth-order valence-electron chi connectivity index (χ4n) is 2.58. The van der Waals surface area contributed by atoms with Crippen LogP contribution in [0.15, 0.2) is 36.4 Å². The number of hydrogen-bond acceptors (Lipinski definition) is 1. The van der Waals surface area contributed by atoms with E-state index in [4.69, 9.17) is 5.73 Å². The average Bonchev–Trinajstić information content (AvgIpc) is 2.34. The Bertz CT molecular complexity index is 549. The van der Waals surface area contributed by atoms with E-state index in [9.17, 15) is 0 Å². The van der Waals surface area contributed by atoms with Gasteiger partial charge in [-0.15, -0.1) is 0 Å². The first kappa shape index (κ1) is 14.5. The summed E-state index contributed by atoms with van der Waals surface area (Å²) in [7, 11) is 0. The lowest BCUT2D eigenvalue weighted by molar-refractivity contribution is 0.715. The van der Waals surface area contributed by atoms with E-state index < -0.39 is 0 Å². The topological polar surface area (TPSA) is 26.0 Å². The van der Waals surface area contributed by atoms with Gasteiger partial charge in [0.05, 0.1) is 0 Å². The summed E-state index contributed by atoms with van der Waals surface area (Å²) in [5.74, 6) is 0. The van der Waals surface area contributed by atoms with Crippen LogP contribution in [0.3, 0.4) is 0 Å². The van der Waals surface area contributed by atoms with Gasteiger partial charge in [0.25, 0.3) is 0 Å². The first-order valence-electron chi connectivity index (χ1n) is 6.55. The molecule has 0 saturated carbocycles. The molecule has 2 rings (SSSR count). The Hall–Kier alpha value is -0.870. The van der Waals surface area contributed by atoms with Crippen molar-refractivity contribution in [2.45, 2.75) is 33.2 Å². The van der Waals surface area contributed by atoms with Gasteiger partial charge in [0.2, 0.25) is 0 Å². The SMILES string of the molecule is Cc1cc(C)c(CC(N)c2ccc(I)cc2)c(C)c1. The molecule has 1 atom stereocenters. The molecule has 0 fully saturated rings. The smallest absolute Gasteiger partial charge is 0.0335 e. The monoisotopic (exact) mass is 365 g/mol. The zero-order chi connectivity index (χ0) is 14.0. The highest BCUT2D eigenvalue weighted by Gasteiger charge is 2.11. The Kier molecular flexibility index (Phi) is 4.63. The third-order valence-corrected chi connectivity index (χ3v) is 4.28. The van der Waals surface area contributed by atoms with E-state index in [1.165, 1.54) is 31.4 Å². The normalized spacial score (nSPS) is 12.5. The molecule has 1 nitrogen and oxygen atoms in total. The van der Waals surface area contributed by atoms with Crippen LogP contribution in [-0.4, -0.2) is 0 Å². The van der Waals surface area contributed by atoms with E-state index in [0.717, 1.165) is 6.42 Å². The van der Waals surface area contributed by atoms with Crippen LogP contribution in [0.1, 0.15) is 33.9 Å². The Morgan fingerprint density at radius 3 is 2.05 bits per heavy atom. The summed E-state index contributed by atoms with van der Waals surface area (Å²) in [6, 6.07) is 13.0. The highest BCUT2D eigenvalue weighted by atomic mass is 127. The summed E-state index contributed by atoms with van der Waals surface area (Å²) in [6.45, 7) is 6.49. The molecule has 0 aromatic heterocycles. The Morgan fingerprint density at radius 2 is 1.53 bits per heavy atom. The molecule has 0 aliphatic carbocycles. The lowest BCUT2D eigenvalue weighted by atomic mass is 9.92. The number of nitrogens with two attached hydrogens (primary N) is 1. The van der Waals surface area contributed by atoms with Gasteiger partial charge >= 0.3 is 0 Å². The Labute approximate surface area is 129 Å². The van der Waals surface area contributed by atoms with Crippen LogP contribution in [-0.2, 0) is 6.42 Å². The van der Waals surface area contributed by atoms with Crippen molar-refractivity contribution >= 4 is 22.6 Å². The second-order valence-corrected chi connectivity index (χ2v) is 6.49. The summed E-state index contributed by atoms with van der Waals surface area (Å²) in [5.41, 5.74) is 13.0. The number of hydrogen-bond donors (Lipinski definition) is 1. The zero-order valence-electron chi connectivity index (χ0n) is 11.7. The van der Waals surface area contributed by atoms with Gasteiger partial charge in [0.15, 0.2) is 0 Å². The van der Waals surface area contributed by atoms with Gasteiger partial charge in [-0.2, -0.15) is 0 Å². The van der Waals surface area contributed by atoms with Crippen molar-refractivity contribution in [2.75, 3.05) is 0 Å². The van der Waals surface area contributed by atoms with Crippen LogP contribution < -0.4 is 5.73 Å². The van der Waals surface area contributed by atoms with E-state index in [2.05, 4.69) is 79.8 Å². The molecule has 0 radical (unpaired) electrons. The molecule has 2 heteroatoms. The minimum atomic E-state index is 0.0668. The Balaban J connectivity index is 2.24. The fourth-order valence-corrected chi connectivity index (χ4v) is 2.94. The van der Waals surface area contributed by atoms with E-state index in [1.54, 1.807) is 0 Å². The van der Waals surface area contributed by atoms with Crippen LogP contribution >= 0.6 is 22.6 Å². The molecule has 0 spiro atoms. The van der Waals surface area contributed by atoms with Crippen LogP contribution in [0.5, 0.6) is 0 Å². The minimum Gasteiger partial charge on any atom is -0.324 e. The minimum absolute atomic E-state index is 0.0668. The third kappa shape index (κ3) is 3.57. The summed E-state index contributed by atoms with van der Waals surface area (Å²) in [4.78, 5) is 0. The van der Waals surface area contributed by atoms with Crippen molar-refractivity contribution in [2.24, 2.45) is 5.73 Å². The Morgan fingerprint density at radius 1 is 1.00 bits per heavy atom. The van der Waals surface area contributed by atoms with Crippen molar-refractivity contribution < 1.29 is 0 Å². The fraction of sp³-hybridized carbons (Fsp3) is 0.294. The molecule has 19 heavy (non-hydrogen) atoms. The van der Waals surface area contributed by atoms with Gasteiger partial charge in [-0.25, -0.2) is 0 Å². The van der Waals surface area contributed by atoms with Gasteiger partial charge in [-0.05, 0) is 84.2 Å². The predicted octanol–water partition coefficient (Wildman–Crippen LogP) is 4.46. The number of halogens is 1. The molecule has 0 bridgehead atoms. The van der Waals surface area contributed by atoms with Crippen LogP contribution in [0.25, 0.3) is 0 Å². The molecule has 100 valence electrons. The van der Waals surface area contributed by atoms with E-state index in [0.29, 0.717) is 0 Å². The second-order valence-electron chi connectivity index (χ2n) is 5.24. The van der Waals surface area contributed by atoms with Gasteiger partial charge in [-0.3, -0.25) is 0 Å². The standard InChI is InChI=1S/C17H20IN/c1-11-8-12(2)16(13(3)9-11)10-17(19)14-4-6-15(18)7-5-14/h4-9,17H,10,19H2,1-3H3. The highest BCUT2D eigenvalue weighted by Crippen LogP contribution is 2.23. The van der Waals surface area contributed by atoms with Crippen LogP contribution in [0.2, 0.25) is 0 Å². The summed E-state index contributed by atoms with van der Waals surface area (Å²) < 4.78 is 1.25. The average molecular weight is 365 g/mol. The first-order valence-corrected chi connectivity index (χ1v) is 7.63. The first-order chi connectivity index (χ1) is 8.97. The van der Waals surface area contributed by atoms with E-state index in [-0.39, 0.29) is 6.04 Å². The van der Waals surface area contributed by atoms with Gasteiger partial charge in [0, 0.05) is 9.61 Å². The van der Waals surface area contributed by atoms with Gasteiger partial charge in [-0.1, -0.05) is 29.8 Å².